The molecule has 114 valence electrons. The molecule has 6 heteroatoms. The molecule has 5 nitrogen and oxygen atoms in total. The summed E-state index contributed by atoms with van der Waals surface area (Å²) in [5.41, 5.74) is 0.00806. The molecular formula is C15H20FN3O2. The van der Waals surface area contributed by atoms with E-state index in [1.807, 2.05) is 0 Å². The van der Waals surface area contributed by atoms with Gasteiger partial charge >= 0.3 is 11.8 Å². The van der Waals surface area contributed by atoms with Crippen LogP contribution in [0.4, 0.5) is 10.1 Å². The zero-order valence-corrected chi connectivity index (χ0v) is 12.1. The van der Waals surface area contributed by atoms with Crippen molar-refractivity contribution in [1.29, 1.82) is 0 Å². The van der Waals surface area contributed by atoms with Crippen molar-refractivity contribution in [3.63, 3.8) is 0 Å². The van der Waals surface area contributed by atoms with Crippen LogP contribution in [0.25, 0.3) is 0 Å². The van der Waals surface area contributed by atoms with Crippen molar-refractivity contribution in [2.75, 3.05) is 25.0 Å². The van der Waals surface area contributed by atoms with Crippen molar-refractivity contribution in [3.05, 3.63) is 30.1 Å². The smallest absolute Gasteiger partial charge is 0.313 e. The van der Waals surface area contributed by atoms with E-state index >= 15 is 0 Å². The van der Waals surface area contributed by atoms with Crippen LogP contribution >= 0.6 is 0 Å². The predicted molar refractivity (Wildman–Crippen MR) is 78.3 cm³/mol. The number of rotatable bonds is 4. The maximum absolute atomic E-state index is 13.4. The highest BCUT2D eigenvalue weighted by Gasteiger charge is 2.24. The zero-order chi connectivity index (χ0) is 15.2. The molecule has 0 radical (unpaired) electrons. The van der Waals surface area contributed by atoms with E-state index in [1.54, 1.807) is 6.07 Å². The topological polar surface area (TPSA) is 61.4 Å². The molecule has 1 aliphatic heterocycles. The Morgan fingerprint density at radius 1 is 1.33 bits per heavy atom. The van der Waals surface area contributed by atoms with Gasteiger partial charge < -0.3 is 10.6 Å². The summed E-state index contributed by atoms with van der Waals surface area (Å²) in [4.78, 5) is 25.7. The Morgan fingerprint density at radius 3 is 2.81 bits per heavy atom. The number of carbonyl (C=O) groups excluding carboxylic acids is 2. The first kappa shape index (κ1) is 15.4. The lowest BCUT2D eigenvalue weighted by Crippen LogP contribution is -2.43. The van der Waals surface area contributed by atoms with Gasteiger partial charge in [-0.05, 0) is 38.1 Å². The van der Waals surface area contributed by atoms with Gasteiger partial charge in [0.25, 0.3) is 0 Å². The van der Waals surface area contributed by atoms with Gasteiger partial charge in [0.05, 0.1) is 5.69 Å². The minimum atomic E-state index is -0.846. The first-order valence-corrected chi connectivity index (χ1v) is 7.19. The van der Waals surface area contributed by atoms with Crippen LogP contribution in [0.2, 0.25) is 0 Å². The lowest BCUT2D eigenvalue weighted by molar-refractivity contribution is -0.136. The van der Waals surface area contributed by atoms with Gasteiger partial charge in [0.2, 0.25) is 0 Å². The number of halogens is 1. The van der Waals surface area contributed by atoms with Crippen LogP contribution in [0, 0.1) is 5.82 Å². The maximum atomic E-state index is 13.4. The van der Waals surface area contributed by atoms with Gasteiger partial charge in [-0.15, -0.1) is 0 Å². The molecular weight excluding hydrogens is 273 g/mol. The van der Waals surface area contributed by atoms with Gasteiger partial charge in [-0.2, -0.15) is 0 Å². The largest absolute Gasteiger partial charge is 0.346 e. The molecule has 21 heavy (non-hydrogen) atoms. The average molecular weight is 293 g/mol. The summed E-state index contributed by atoms with van der Waals surface area (Å²) < 4.78 is 13.4. The van der Waals surface area contributed by atoms with E-state index < -0.39 is 17.6 Å². The Hall–Kier alpha value is -1.95. The van der Waals surface area contributed by atoms with Crippen LogP contribution in [0.3, 0.4) is 0 Å². The predicted octanol–water partition coefficient (Wildman–Crippen LogP) is 1.36. The molecule has 1 aromatic rings. The summed E-state index contributed by atoms with van der Waals surface area (Å²) in [6, 6.07) is 6.03. The molecule has 0 bridgehead atoms. The summed E-state index contributed by atoms with van der Waals surface area (Å²) >= 11 is 0. The molecule has 1 aromatic carbocycles. The summed E-state index contributed by atoms with van der Waals surface area (Å²) in [5.74, 6) is -2.14. The first-order valence-electron chi connectivity index (χ1n) is 7.19. The summed E-state index contributed by atoms with van der Waals surface area (Å²) in [6.07, 6.45) is 2.12. The normalized spacial score (nSPS) is 18.5. The first-order chi connectivity index (χ1) is 10.1. The monoisotopic (exact) mass is 293 g/mol. The van der Waals surface area contributed by atoms with Crippen LogP contribution in [-0.2, 0) is 9.59 Å². The Labute approximate surface area is 123 Å². The van der Waals surface area contributed by atoms with E-state index in [-0.39, 0.29) is 11.7 Å². The fourth-order valence-electron chi connectivity index (χ4n) is 2.58. The van der Waals surface area contributed by atoms with Crippen molar-refractivity contribution < 1.29 is 14.0 Å². The molecule has 2 rings (SSSR count). The lowest BCUT2D eigenvalue weighted by Gasteiger charge is -2.22. The average Bonchev–Trinajstić information content (AvgIpc) is 2.94. The SMILES string of the molecule is CCN1CCC[C@H]1CNC(=O)C(=O)Nc1ccccc1F. The molecule has 1 fully saturated rings. The van der Waals surface area contributed by atoms with Crippen molar-refractivity contribution in [3.8, 4) is 0 Å². The zero-order valence-electron chi connectivity index (χ0n) is 12.1. The maximum Gasteiger partial charge on any atom is 0.313 e. The van der Waals surface area contributed by atoms with Crippen molar-refractivity contribution in [1.82, 2.24) is 10.2 Å². The number of hydrogen-bond acceptors (Lipinski definition) is 3. The summed E-state index contributed by atoms with van der Waals surface area (Å²) in [5, 5.41) is 4.88. The molecule has 0 saturated carbocycles. The van der Waals surface area contributed by atoms with Crippen LogP contribution in [0.1, 0.15) is 19.8 Å². The second-order valence-corrected chi connectivity index (χ2v) is 5.07. The molecule has 1 atom stereocenters. The van der Waals surface area contributed by atoms with Gasteiger partial charge in [-0.3, -0.25) is 14.5 Å². The van der Waals surface area contributed by atoms with Crippen LogP contribution in [0.5, 0.6) is 0 Å². The van der Waals surface area contributed by atoms with Gasteiger partial charge in [-0.1, -0.05) is 19.1 Å². The highest BCUT2D eigenvalue weighted by atomic mass is 19.1. The number of nitrogens with zero attached hydrogens (tertiary/aromatic N) is 1. The molecule has 0 aliphatic carbocycles. The van der Waals surface area contributed by atoms with Crippen LogP contribution in [-0.4, -0.2) is 42.4 Å². The fourth-order valence-corrected chi connectivity index (χ4v) is 2.58. The Balaban J connectivity index is 1.83. The number of benzene rings is 1. The third-order valence-electron chi connectivity index (χ3n) is 3.73. The highest BCUT2D eigenvalue weighted by molar-refractivity contribution is 6.39. The molecule has 1 heterocycles. The van der Waals surface area contributed by atoms with Crippen molar-refractivity contribution in [2.24, 2.45) is 0 Å². The Kier molecular flexibility index (Phi) is 5.27. The number of hydrogen-bond donors (Lipinski definition) is 2. The second kappa shape index (κ2) is 7.17. The van der Waals surface area contributed by atoms with E-state index in [2.05, 4.69) is 22.5 Å². The van der Waals surface area contributed by atoms with Gasteiger partial charge in [0.1, 0.15) is 5.82 Å². The number of nitrogens with one attached hydrogen (secondary N) is 2. The number of carbonyl (C=O) groups is 2. The summed E-state index contributed by atoms with van der Waals surface area (Å²) in [7, 11) is 0. The molecule has 0 aromatic heterocycles. The lowest BCUT2D eigenvalue weighted by atomic mass is 10.2. The second-order valence-electron chi connectivity index (χ2n) is 5.07. The molecule has 1 aliphatic rings. The van der Waals surface area contributed by atoms with E-state index in [0.29, 0.717) is 6.54 Å². The van der Waals surface area contributed by atoms with E-state index in [0.717, 1.165) is 25.9 Å². The Bertz CT molecular complexity index is 521. The molecule has 2 amide bonds. The third-order valence-corrected chi connectivity index (χ3v) is 3.73. The minimum Gasteiger partial charge on any atom is -0.346 e. The highest BCUT2D eigenvalue weighted by Crippen LogP contribution is 2.15. The molecule has 2 N–H and O–H groups in total. The van der Waals surface area contributed by atoms with Crippen molar-refractivity contribution in [2.45, 2.75) is 25.8 Å². The van der Waals surface area contributed by atoms with Crippen molar-refractivity contribution >= 4 is 17.5 Å². The number of likely N-dealkylation sites (tertiary alicyclic amines) is 1. The van der Waals surface area contributed by atoms with Crippen LogP contribution < -0.4 is 10.6 Å². The number of amides is 2. The van der Waals surface area contributed by atoms with E-state index in [9.17, 15) is 14.0 Å². The minimum absolute atomic E-state index is 0.00806. The standard InChI is InChI=1S/C15H20FN3O2/c1-2-19-9-5-6-11(19)10-17-14(20)15(21)18-13-8-4-3-7-12(13)16/h3-4,7-8,11H,2,5-6,9-10H2,1H3,(H,17,20)(H,18,21)/t11-/m0/s1. The number of likely N-dealkylation sites (N-methyl/N-ethyl adjacent to an activating group) is 1. The van der Waals surface area contributed by atoms with Gasteiger partial charge in [-0.25, -0.2) is 4.39 Å². The van der Waals surface area contributed by atoms with Gasteiger partial charge in [0.15, 0.2) is 0 Å². The van der Waals surface area contributed by atoms with E-state index in [1.165, 1.54) is 18.2 Å². The van der Waals surface area contributed by atoms with E-state index in [4.69, 9.17) is 0 Å². The Morgan fingerprint density at radius 2 is 2.10 bits per heavy atom. The molecule has 0 spiro atoms. The fraction of sp³-hybridized carbons (Fsp3) is 0.467. The van der Waals surface area contributed by atoms with Crippen LogP contribution in [0.15, 0.2) is 24.3 Å². The quantitative estimate of drug-likeness (QED) is 0.824. The number of para-hydroxylation sites is 1. The third kappa shape index (κ3) is 4.01. The number of anilines is 1. The van der Waals surface area contributed by atoms with Gasteiger partial charge in [0, 0.05) is 12.6 Å². The summed E-state index contributed by atoms with van der Waals surface area (Å²) in [6.45, 7) is 4.48. The molecule has 0 unspecified atom stereocenters. The molecule has 1 saturated heterocycles.